The zero-order valence-electron chi connectivity index (χ0n) is 14.9. The topological polar surface area (TPSA) is 85.2 Å². The van der Waals surface area contributed by atoms with Crippen molar-refractivity contribution in [1.82, 2.24) is 15.1 Å². The standard InChI is InChI=1S/C17H19F3N4O3/c1-4-27-15(25)13-9-21-24(14(13)17(18,19)20)12-7-5-11(6-8-12)23-16(26)22-10(2)3/h5-10H,4H2,1-3H3,(H2,22,23,26). The van der Waals surface area contributed by atoms with Crippen molar-refractivity contribution >= 4 is 17.7 Å². The Morgan fingerprint density at radius 3 is 2.37 bits per heavy atom. The molecule has 0 saturated heterocycles. The number of benzene rings is 1. The van der Waals surface area contributed by atoms with Gasteiger partial charge in [-0.25, -0.2) is 14.3 Å². The second-order valence-electron chi connectivity index (χ2n) is 5.84. The van der Waals surface area contributed by atoms with E-state index in [1.54, 1.807) is 13.8 Å². The van der Waals surface area contributed by atoms with Gasteiger partial charge in [-0.3, -0.25) is 0 Å². The van der Waals surface area contributed by atoms with Crippen LogP contribution in [0.3, 0.4) is 0 Å². The van der Waals surface area contributed by atoms with Crippen molar-refractivity contribution in [3.05, 3.63) is 41.7 Å². The molecule has 27 heavy (non-hydrogen) atoms. The van der Waals surface area contributed by atoms with Crippen molar-refractivity contribution in [3.63, 3.8) is 0 Å². The fraction of sp³-hybridized carbons (Fsp3) is 0.353. The van der Waals surface area contributed by atoms with Crippen LogP contribution in [0, 0.1) is 0 Å². The van der Waals surface area contributed by atoms with Gasteiger partial charge in [0.05, 0.1) is 18.5 Å². The zero-order valence-corrected chi connectivity index (χ0v) is 14.9. The van der Waals surface area contributed by atoms with Crippen LogP contribution in [0.4, 0.5) is 23.7 Å². The van der Waals surface area contributed by atoms with Crippen molar-refractivity contribution in [2.75, 3.05) is 11.9 Å². The van der Waals surface area contributed by atoms with Gasteiger partial charge in [0.25, 0.3) is 0 Å². The molecule has 2 aromatic rings. The van der Waals surface area contributed by atoms with E-state index < -0.39 is 29.4 Å². The average molecular weight is 384 g/mol. The molecule has 0 atom stereocenters. The molecule has 0 radical (unpaired) electrons. The number of carbonyl (C=O) groups excluding carboxylic acids is 2. The van der Waals surface area contributed by atoms with Gasteiger partial charge in [-0.15, -0.1) is 0 Å². The summed E-state index contributed by atoms with van der Waals surface area (Å²) in [4.78, 5) is 23.5. The van der Waals surface area contributed by atoms with E-state index in [2.05, 4.69) is 20.5 Å². The lowest BCUT2D eigenvalue weighted by molar-refractivity contribution is -0.143. The summed E-state index contributed by atoms with van der Waals surface area (Å²) in [6.45, 7) is 5.03. The number of halogens is 3. The Bertz CT molecular complexity index is 814. The number of carbonyl (C=O) groups is 2. The molecule has 0 bridgehead atoms. The molecular formula is C17H19F3N4O3. The quantitative estimate of drug-likeness (QED) is 0.772. The number of alkyl halides is 3. The van der Waals surface area contributed by atoms with Crippen LogP contribution in [0.5, 0.6) is 0 Å². The summed E-state index contributed by atoms with van der Waals surface area (Å²) in [5.74, 6) is -1.10. The third-order valence-corrected chi connectivity index (χ3v) is 3.32. The number of rotatable bonds is 5. The molecule has 0 saturated carbocycles. The van der Waals surface area contributed by atoms with Gasteiger partial charge < -0.3 is 15.4 Å². The second kappa shape index (κ2) is 8.11. The SMILES string of the molecule is CCOC(=O)c1cnn(-c2ccc(NC(=O)NC(C)C)cc2)c1C(F)(F)F. The van der Waals surface area contributed by atoms with Crippen molar-refractivity contribution in [3.8, 4) is 5.69 Å². The molecule has 2 rings (SSSR count). The Hall–Kier alpha value is -3.04. The third kappa shape index (κ3) is 4.99. The van der Waals surface area contributed by atoms with Gasteiger partial charge in [0, 0.05) is 11.7 Å². The summed E-state index contributed by atoms with van der Waals surface area (Å²) in [5.41, 5.74) is -1.42. The van der Waals surface area contributed by atoms with E-state index in [0.717, 1.165) is 6.20 Å². The van der Waals surface area contributed by atoms with E-state index in [1.807, 2.05) is 0 Å². The number of nitrogens with one attached hydrogen (secondary N) is 2. The lowest BCUT2D eigenvalue weighted by atomic mass is 10.2. The van der Waals surface area contributed by atoms with Crippen LogP contribution >= 0.6 is 0 Å². The van der Waals surface area contributed by atoms with Crippen LogP contribution < -0.4 is 10.6 Å². The number of aromatic nitrogens is 2. The predicted molar refractivity (Wildman–Crippen MR) is 91.8 cm³/mol. The van der Waals surface area contributed by atoms with E-state index >= 15 is 0 Å². The zero-order chi connectivity index (χ0) is 20.2. The molecular weight excluding hydrogens is 365 g/mol. The largest absolute Gasteiger partial charge is 0.462 e. The minimum Gasteiger partial charge on any atom is -0.462 e. The predicted octanol–water partition coefficient (Wildman–Crippen LogP) is 3.60. The molecule has 0 unspecified atom stereocenters. The number of ether oxygens (including phenoxy) is 1. The Labute approximate surface area is 153 Å². The van der Waals surface area contributed by atoms with Crippen LogP contribution in [0.25, 0.3) is 5.69 Å². The molecule has 0 aliphatic carbocycles. The molecule has 10 heteroatoms. The average Bonchev–Trinajstić information content (AvgIpc) is 3.00. The number of anilines is 1. The van der Waals surface area contributed by atoms with Gasteiger partial charge in [0.1, 0.15) is 5.56 Å². The van der Waals surface area contributed by atoms with Crippen molar-refractivity contribution in [2.24, 2.45) is 0 Å². The maximum Gasteiger partial charge on any atom is 0.434 e. The Balaban J connectivity index is 2.33. The third-order valence-electron chi connectivity index (χ3n) is 3.32. The normalized spacial score (nSPS) is 11.4. The summed E-state index contributed by atoms with van der Waals surface area (Å²) >= 11 is 0. The lowest BCUT2D eigenvalue weighted by Gasteiger charge is -2.13. The summed E-state index contributed by atoms with van der Waals surface area (Å²) in [5, 5.41) is 8.87. The fourth-order valence-electron chi connectivity index (χ4n) is 2.29. The molecule has 1 heterocycles. The van der Waals surface area contributed by atoms with Crippen LogP contribution in [-0.2, 0) is 10.9 Å². The summed E-state index contributed by atoms with van der Waals surface area (Å²) in [7, 11) is 0. The van der Waals surface area contributed by atoms with Crippen molar-refractivity contribution in [1.29, 1.82) is 0 Å². The fourth-order valence-corrected chi connectivity index (χ4v) is 2.29. The van der Waals surface area contributed by atoms with E-state index in [-0.39, 0.29) is 18.3 Å². The van der Waals surface area contributed by atoms with Crippen LogP contribution in [0.15, 0.2) is 30.5 Å². The molecule has 0 aliphatic rings. The first-order chi connectivity index (χ1) is 12.6. The molecule has 0 spiro atoms. The molecule has 146 valence electrons. The molecule has 2 N–H and O–H groups in total. The van der Waals surface area contributed by atoms with E-state index in [0.29, 0.717) is 10.4 Å². The lowest BCUT2D eigenvalue weighted by Crippen LogP contribution is -2.34. The second-order valence-corrected chi connectivity index (χ2v) is 5.84. The number of hydrogen-bond acceptors (Lipinski definition) is 4. The van der Waals surface area contributed by atoms with Crippen LogP contribution in [-0.4, -0.2) is 34.4 Å². The monoisotopic (exact) mass is 384 g/mol. The Kier molecular flexibility index (Phi) is 6.09. The van der Waals surface area contributed by atoms with Gasteiger partial charge in [-0.2, -0.15) is 18.3 Å². The first-order valence-corrected chi connectivity index (χ1v) is 8.13. The molecule has 0 aliphatic heterocycles. The maximum atomic E-state index is 13.5. The summed E-state index contributed by atoms with van der Waals surface area (Å²) < 4.78 is 45.7. The summed E-state index contributed by atoms with van der Waals surface area (Å²) in [6.07, 6.45) is -3.99. The highest BCUT2D eigenvalue weighted by atomic mass is 19.4. The first kappa shape index (κ1) is 20.3. The first-order valence-electron chi connectivity index (χ1n) is 8.13. The number of urea groups is 1. The molecule has 7 nitrogen and oxygen atoms in total. The van der Waals surface area contributed by atoms with Gasteiger partial charge in [-0.1, -0.05) is 0 Å². The summed E-state index contributed by atoms with van der Waals surface area (Å²) in [6, 6.07) is 5.06. The highest BCUT2D eigenvalue weighted by molar-refractivity contribution is 5.91. The highest BCUT2D eigenvalue weighted by Crippen LogP contribution is 2.34. The van der Waals surface area contributed by atoms with Gasteiger partial charge in [0.15, 0.2) is 5.69 Å². The van der Waals surface area contributed by atoms with E-state index in [4.69, 9.17) is 0 Å². The van der Waals surface area contributed by atoms with Gasteiger partial charge >= 0.3 is 18.2 Å². The molecule has 1 aromatic heterocycles. The number of amides is 2. The van der Waals surface area contributed by atoms with Crippen LogP contribution in [0.1, 0.15) is 36.8 Å². The molecule has 2 amide bonds. The van der Waals surface area contributed by atoms with E-state index in [1.165, 1.54) is 31.2 Å². The minimum atomic E-state index is -4.81. The number of hydrogen-bond donors (Lipinski definition) is 2. The van der Waals surface area contributed by atoms with Crippen molar-refractivity contribution < 1.29 is 27.5 Å². The van der Waals surface area contributed by atoms with Crippen LogP contribution in [0.2, 0.25) is 0 Å². The van der Waals surface area contributed by atoms with Crippen molar-refractivity contribution in [2.45, 2.75) is 33.0 Å². The molecule has 1 aromatic carbocycles. The Morgan fingerprint density at radius 1 is 1.22 bits per heavy atom. The molecule has 0 fully saturated rings. The maximum absolute atomic E-state index is 13.5. The highest BCUT2D eigenvalue weighted by Gasteiger charge is 2.41. The van der Waals surface area contributed by atoms with E-state index in [9.17, 15) is 22.8 Å². The smallest absolute Gasteiger partial charge is 0.434 e. The number of nitrogens with zero attached hydrogens (tertiary/aromatic N) is 2. The number of esters is 1. The Morgan fingerprint density at radius 2 is 1.85 bits per heavy atom. The van der Waals surface area contributed by atoms with Gasteiger partial charge in [-0.05, 0) is 45.0 Å². The minimum absolute atomic E-state index is 0.0554. The van der Waals surface area contributed by atoms with Gasteiger partial charge in [0.2, 0.25) is 0 Å².